The molecule has 1 fully saturated rings. The number of urea groups is 1. The van der Waals surface area contributed by atoms with Crippen LogP contribution < -0.4 is 10.6 Å². The summed E-state index contributed by atoms with van der Waals surface area (Å²) in [5.41, 5.74) is 1.33. The maximum atomic E-state index is 14.5. The Morgan fingerprint density at radius 1 is 1.37 bits per heavy atom. The summed E-state index contributed by atoms with van der Waals surface area (Å²) in [5, 5.41) is 7.30. The normalized spacial score (nSPS) is 16.8. The Bertz CT molecular complexity index is 1070. The number of carbonyl (C=O) groups excluding carboxylic acids is 1. The monoisotopic (exact) mass is 431 g/mol. The second kappa shape index (κ2) is 8.43. The summed E-state index contributed by atoms with van der Waals surface area (Å²) in [6.45, 7) is 4.99. The number of nitrogens with one attached hydrogen (secondary N) is 3. The number of halogens is 2. The van der Waals surface area contributed by atoms with Crippen molar-refractivity contribution in [3.8, 4) is 11.4 Å². The molecule has 1 aliphatic heterocycles. The SMILES string of the molecule is CC(C)NC(=O)N1CCCC(Nc2nc(-c3c[nH]c4ncc(Cl)cc34)ncc2F)C1. The fourth-order valence-corrected chi connectivity index (χ4v) is 3.73. The molecule has 0 aromatic carbocycles. The number of H-pyrrole nitrogens is 1. The Labute approximate surface area is 178 Å². The number of piperidine rings is 1. The third-order valence-electron chi connectivity index (χ3n) is 4.94. The molecule has 1 aliphatic rings. The number of fused-ring (bicyclic) bond motifs is 1. The van der Waals surface area contributed by atoms with E-state index in [0.717, 1.165) is 24.4 Å². The summed E-state index contributed by atoms with van der Waals surface area (Å²) in [6, 6.07) is 1.62. The molecule has 2 amide bonds. The molecule has 10 heteroatoms. The van der Waals surface area contributed by atoms with E-state index < -0.39 is 5.82 Å². The van der Waals surface area contributed by atoms with Gasteiger partial charge in [-0.3, -0.25) is 0 Å². The highest BCUT2D eigenvalue weighted by atomic mass is 35.5. The highest BCUT2D eigenvalue weighted by Gasteiger charge is 2.25. The molecule has 3 N–H and O–H groups in total. The molecule has 3 aromatic heterocycles. The molecule has 0 radical (unpaired) electrons. The van der Waals surface area contributed by atoms with Gasteiger partial charge < -0.3 is 20.5 Å². The van der Waals surface area contributed by atoms with Crippen LogP contribution in [0, 0.1) is 5.82 Å². The van der Waals surface area contributed by atoms with E-state index in [-0.39, 0.29) is 23.9 Å². The van der Waals surface area contributed by atoms with E-state index in [1.54, 1.807) is 23.4 Å². The van der Waals surface area contributed by atoms with Crippen LogP contribution in [0.4, 0.5) is 15.0 Å². The molecule has 30 heavy (non-hydrogen) atoms. The van der Waals surface area contributed by atoms with Gasteiger partial charge in [-0.15, -0.1) is 0 Å². The molecule has 0 aliphatic carbocycles. The number of aromatic amines is 1. The van der Waals surface area contributed by atoms with Crippen molar-refractivity contribution in [1.82, 2.24) is 30.2 Å². The number of hydrogen-bond acceptors (Lipinski definition) is 5. The van der Waals surface area contributed by atoms with Crippen molar-refractivity contribution < 1.29 is 9.18 Å². The maximum absolute atomic E-state index is 14.5. The molecule has 8 nitrogen and oxygen atoms in total. The number of likely N-dealkylation sites (tertiary alicyclic amines) is 1. The van der Waals surface area contributed by atoms with Crippen LogP contribution in [0.3, 0.4) is 0 Å². The van der Waals surface area contributed by atoms with E-state index in [9.17, 15) is 9.18 Å². The molecule has 0 spiro atoms. The largest absolute Gasteiger partial charge is 0.363 e. The van der Waals surface area contributed by atoms with Gasteiger partial charge in [-0.2, -0.15) is 0 Å². The van der Waals surface area contributed by atoms with Crippen LogP contribution in [0.5, 0.6) is 0 Å². The van der Waals surface area contributed by atoms with Crippen molar-refractivity contribution >= 4 is 34.5 Å². The number of amides is 2. The molecule has 158 valence electrons. The zero-order valence-corrected chi connectivity index (χ0v) is 17.5. The van der Waals surface area contributed by atoms with Crippen LogP contribution in [0.15, 0.2) is 24.7 Å². The Hall–Kier alpha value is -2.94. The van der Waals surface area contributed by atoms with E-state index in [1.807, 2.05) is 13.8 Å². The lowest BCUT2D eigenvalue weighted by Crippen LogP contribution is -2.50. The quantitative estimate of drug-likeness (QED) is 0.583. The summed E-state index contributed by atoms with van der Waals surface area (Å²) in [7, 11) is 0. The molecule has 0 saturated carbocycles. The minimum atomic E-state index is -0.543. The molecule has 3 aromatic rings. The molecule has 1 saturated heterocycles. The van der Waals surface area contributed by atoms with Gasteiger partial charge in [-0.25, -0.2) is 24.1 Å². The first-order chi connectivity index (χ1) is 14.4. The van der Waals surface area contributed by atoms with Gasteiger partial charge in [0.1, 0.15) is 5.65 Å². The third kappa shape index (κ3) is 4.30. The van der Waals surface area contributed by atoms with Crippen LogP contribution in [-0.4, -0.2) is 56.0 Å². The zero-order chi connectivity index (χ0) is 21.3. The van der Waals surface area contributed by atoms with Gasteiger partial charge in [0.05, 0.1) is 11.2 Å². The van der Waals surface area contributed by atoms with Gasteiger partial charge in [-0.1, -0.05) is 11.6 Å². The van der Waals surface area contributed by atoms with Crippen LogP contribution in [0.25, 0.3) is 22.4 Å². The summed E-state index contributed by atoms with van der Waals surface area (Å²) < 4.78 is 14.5. The van der Waals surface area contributed by atoms with Crippen molar-refractivity contribution in [3.05, 3.63) is 35.5 Å². The first-order valence-corrected chi connectivity index (χ1v) is 10.3. The van der Waals surface area contributed by atoms with Crippen molar-refractivity contribution in [3.63, 3.8) is 0 Å². The average molecular weight is 432 g/mol. The molecule has 0 bridgehead atoms. The number of carbonyl (C=O) groups is 1. The van der Waals surface area contributed by atoms with Gasteiger partial charge >= 0.3 is 6.03 Å². The van der Waals surface area contributed by atoms with E-state index in [2.05, 4.69) is 30.6 Å². The predicted molar refractivity (Wildman–Crippen MR) is 114 cm³/mol. The van der Waals surface area contributed by atoms with Crippen molar-refractivity contribution in [2.45, 2.75) is 38.8 Å². The van der Waals surface area contributed by atoms with E-state index in [0.29, 0.717) is 35.1 Å². The summed E-state index contributed by atoms with van der Waals surface area (Å²) >= 11 is 6.06. The Balaban J connectivity index is 1.55. The average Bonchev–Trinajstić information content (AvgIpc) is 3.12. The van der Waals surface area contributed by atoms with Crippen LogP contribution in [0.2, 0.25) is 5.02 Å². The highest BCUT2D eigenvalue weighted by Crippen LogP contribution is 2.28. The maximum Gasteiger partial charge on any atom is 0.317 e. The van der Waals surface area contributed by atoms with Gasteiger partial charge in [0.25, 0.3) is 0 Å². The first-order valence-electron chi connectivity index (χ1n) is 9.88. The lowest BCUT2D eigenvalue weighted by molar-refractivity contribution is 0.180. The minimum absolute atomic E-state index is 0.0619. The zero-order valence-electron chi connectivity index (χ0n) is 16.7. The number of aromatic nitrogens is 4. The Kier molecular flexibility index (Phi) is 5.72. The smallest absolute Gasteiger partial charge is 0.317 e. The molecule has 4 heterocycles. The third-order valence-corrected chi connectivity index (χ3v) is 5.15. The Morgan fingerprint density at radius 3 is 3.00 bits per heavy atom. The topological polar surface area (TPSA) is 98.8 Å². The lowest BCUT2D eigenvalue weighted by Gasteiger charge is -2.34. The molecular formula is C20H23ClFN7O. The minimum Gasteiger partial charge on any atom is -0.363 e. The van der Waals surface area contributed by atoms with Crippen molar-refractivity contribution in [2.75, 3.05) is 18.4 Å². The number of rotatable bonds is 4. The molecule has 4 rings (SSSR count). The number of pyridine rings is 1. The van der Waals surface area contributed by atoms with Gasteiger partial charge in [0.15, 0.2) is 17.5 Å². The second-order valence-electron chi connectivity index (χ2n) is 7.68. The number of anilines is 1. The fourth-order valence-electron chi connectivity index (χ4n) is 3.57. The fraction of sp³-hybridized carbons (Fsp3) is 0.400. The van der Waals surface area contributed by atoms with E-state index >= 15 is 0 Å². The standard InChI is InChI=1S/C20H23ClFN7O/c1-11(2)26-20(30)29-5-3-4-13(10-29)27-19-16(22)9-25-18(28-19)15-8-24-17-14(15)6-12(21)7-23-17/h6-9,11,13H,3-5,10H2,1-2H3,(H,23,24)(H,26,30)(H,25,27,28). The van der Waals surface area contributed by atoms with E-state index in [4.69, 9.17) is 11.6 Å². The highest BCUT2D eigenvalue weighted by molar-refractivity contribution is 6.31. The van der Waals surface area contributed by atoms with Gasteiger partial charge in [-0.05, 0) is 32.8 Å². The van der Waals surface area contributed by atoms with Crippen molar-refractivity contribution in [1.29, 1.82) is 0 Å². The lowest BCUT2D eigenvalue weighted by atomic mass is 10.1. The van der Waals surface area contributed by atoms with E-state index in [1.165, 1.54) is 0 Å². The predicted octanol–water partition coefficient (Wildman–Crippen LogP) is 3.81. The second-order valence-corrected chi connectivity index (χ2v) is 8.11. The van der Waals surface area contributed by atoms with Crippen molar-refractivity contribution in [2.24, 2.45) is 0 Å². The van der Waals surface area contributed by atoms with Gasteiger partial charge in [0, 0.05) is 48.5 Å². The Morgan fingerprint density at radius 2 is 2.20 bits per heavy atom. The summed E-state index contributed by atoms with van der Waals surface area (Å²) in [6.07, 6.45) is 6.07. The van der Waals surface area contributed by atoms with Gasteiger partial charge in [0.2, 0.25) is 0 Å². The molecular weight excluding hydrogens is 409 g/mol. The summed E-state index contributed by atoms with van der Waals surface area (Å²) in [4.78, 5) is 29.9. The number of nitrogens with zero attached hydrogens (tertiary/aromatic N) is 4. The van der Waals surface area contributed by atoms with Crippen LogP contribution in [-0.2, 0) is 0 Å². The molecule has 1 unspecified atom stereocenters. The van der Waals surface area contributed by atoms with Crippen LogP contribution >= 0.6 is 11.6 Å². The summed E-state index contributed by atoms with van der Waals surface area (Å²) in [5.74, 6) is -0.0709. The molecule has 1 atom stereocenters. The number of hydrogen-bond donors (Lipinski definition) is 3. The van der Waals surface area contributed by atoms with Crippen LogP contribution in [0.1, 0.15) is 26.7 Å². The first kappa shape index (κ1) is 20.3.